The zero-order valence-corrected chi connectivity index (χ0v) is 28.1. The van der Waals surface area contributed by atoms with E-state index in [9.17, 15) is 18.8 Å². The van der Waals surface area contributed by atoms with Crippen LogP contribution in [0.4, 0.5) is 9.18 Å². The van der Waals surface area contributed by atoms with Gasteiger partial charge in [0.2, 0.25) is 5.91 Å². The summed E-state index contributed by atoms with van der Waals surface area (Å²) in [7, 11) is 1.53. The Morgan fingerprint density at radius 2 is 1.69 bits per heavy atom. The Morgan fingerprint density at radius 1 is 0.938 bits per heavy atom. The fourth-order valence-corrected chi connectivity index (χ4v) is 7.97. The molecule has 10 heteroatoms. The van der Waals surface area contributed by atoms with Crippen molar-refractivity contribution in [3.05, 3.63) is 88.7 Å². The minimum absolute atomic E-state index is 0.0276. The summed E-state index contributed by atoms with van der Waals surface area (Å²) in [6.07, 6.45) is 7.30. The number of nitrogens with zero attached hydrogens (tertiary/aromatic N) is 1. The molecule has 0 radical (unpaired) electrons. The van der Waals surface area contributed by atoms with Gasteiger partial charge in [-0.2, -0.15) is 0 Å². The molecule has 3 fully saturated rings. The Labute approximate surface area is 286 Å². The second kappa shape index (κ2) is 15.0. The topological polar surface area (TPSA) is 97.0 Å². The molecule has 3 atom stereocenters. The number of amides is 3. The molecule has 1 heterocycles. The number of ether oxygens (including phenoxy) is 2. The van der Waals surface area contributed by atoms with Crippen molar-refractivity contribution in [3.8, 4) is 16.9 Å². The number of hydrogen-bond acceptors (Lipinski definition) is 5. The van der Waals surface area contributed by atoms with E-state index in [4.69, 9.17) is 21.1 Å². The molecule has 8 nitrogen and oxygen atoms in total. The summed E-state index contributed by atoms with van der Waals surface area (Å²) < 4.78 is 24.7. The molecule has 2 aliphatic carbocycles. The minimum Gasteiger partial charge on any atom is -0.496 e. The summed E-state index contributed by atoms with van der Waals surface area (Å²) >= 11 is 6.60. The number of carbonyl (C=O) groups is 3. The summed E-state index contributed by atoms with van der Waals surface area (Å²) in [5.41, 5.74) is 2.65. The lowest BCUT2D eigenvalue weighted by molar-refractivity contribution is -0.126. The molecule has 1 spiro atoms. The number of alkyl carbamates (subject to hydrolysis) is 1. The third kappa shape index (κ3) is 7.95. The van der Waals surface area contributed by atoms with Crippen molar-refractivity contribution in [2.45, 2.75) is 76.5 Å². The van der Waals surface area contributed by atoms with Gasteiger partial charge < -0.3 is 25.0 Å². The van der Waals surface area contributed by atoms with Crippen molar-refractivity contribution in [2.75, 3.05) is 20.2 Å². The molecule has 1 saturated heterocycles. The molecule has 2 N–H and O–H groups in total. The maximum absolute atomic E-state index is 13.9. The number of nitrogens with one attached hydrogen (secondary N) is 2. The summed E-state index contributed by atoms with van der Waals surface area (Å²) in [6, 6.07) is 19.0. The number of methoxy groups -OCH3 is 1. The molecule has 0 bridgehead atoms. The van der Waals surface area contributed by atoms with Gasteiger partial charge in [-0.15, -0.1) is 0 Å². The highest BCUT2D eigenvalue weighted by Gasteiger charge is 2.44. The summed E-state index contributed by atoms with van der Waals surface area (Å²) in [4.78, 5) is 41.1. The van der Waals surface area contributed by atoms with Crippen LogP contribution < -0.4 is 15.4 Å². The molecule has 6 rings (SSSR count). The van der Waals surface area contributed by atoms with Gasteiger partial charge in [-0.1, -0.05) is 48.0 Å². The van der Waals surface area contributed by atoms with Crippen LogP contribution in [-0.2, 0) is 16.1 Å². The smallest absolute Gasteiger partial charge is 0.407 e. The first-order chi connectivity index (χ1) is 23.2. The third-order valence-electron chi connectivity index (χ3n) is 10.4. The summed E-state index contributed by atoms with van der Waals surface area (Å²) in [5.74, 6) is 0.0740. The SMILES string of the molecule is COc1ccc(F)cc1-c1ccc(C(=O)N2CCC3(CCC(C(=O)N[C@@H]4CCC[C@@H](NC(=O)OCc5ccccc5)C4)C3)CC2)c(Cl)c1. The van der Waals surface area contributed by atoms with Gasteiger partial charge in [0.25, 0.3) is 5.91 Å². The van der Waals surface area contributed by atoms with Crippen molar-refractivity contribution < 1.29 is 28.2 Å². The van der Waals surface area contributed by atoms with Crippen LogP contribution in [0.2, 0.25) is 5.02 Å². The second-order valence-electron chi connectivity index (χ2n) is 13.5. The highest BCUT2D eigenvalue weighted by molar-refractivity contribution is 6.34. The Kier molecular flexibility index (Phi) is 10.5. The number of halogens is 2. The Hall–Kier alpha value is -4.11. The standard InChI is InChI=1S/C38H43ClFN3O5/c1-47-34-13-11-28(40)21-32(34)26-10-12-31(33(39)20-26)36(45)43-18-16-38(17-19-43)15-14-27(23-38)35(44)41-29-8-5-9-30(22-29)42-37(46)48-24-25-6-3-2-4-7-25/h2-4,6-7,10-13,20-21,27,29-30H,5,8-9,14-19,22-24H2,1H3,(H,41,44)(H,42,46)/t27?,29-,30-/m1/s1. The fraction of sp³-hybridized carbons (Fsp3) is 0.447. The molecular formula is C38H43ClFN3O5. The van der Waals surface area contributed by atoms with Gasteiger partial charge in [0, 0.05) is 36.7 Å². The minimum atomic E-state index is -0.429. The maximum atomic E-state index is 13.9. The maximum Gasteiger partial charge on any atom is 0.407 e. The molecule has 3 aromatic carbocycles. The van der Waals surface area contributed by atoms with Gasteiger partial charge in [0.15, 0.2) is 0 Å². The monoisotopic (exact) mass is 675 g/mol. The van der Waals surface area contributed by atoms with E-state index in [1.165, 1.54) is 19.2 Å². The predicted molar refractivity (Wildman–Crippen MR) is 182 cm³/mol. The normalized spacial score (nSPS) is 21.8. The Balaban J connectivity index is 0.970. The van der Waals surface area contributed by atoms with Gasteiger partial charge in [0.05, 0.1) is 17.7 Å². The van der Waals surface area contributed by atoms with Crippen LogP contribution in [0.5, 0.6) is 5.75 Å². The van der Waals surface area contributed by atoms with E-state index in [1.54, 1.807) is 24.3 Å². The molecule has 1 aliphatic heterocycles. The molecule has 0 aromatic heterocycles. The van der Waals surface area contributed by atoms with Crippen LogP contribution in [0.1, 0.15) is 73.7 Å². The van der Waals surface area contributed by atoms with Crippen LogP contribution in [0.3, 0.4) is 0 Å². The van der Waals surface area contributed by atoms with Crippen molar-refractivity contribution in [3.63, 3.8) is 0 Å². The number of rotatable bonds is 8. The largest absolute Gasteiger partial charge is 0.496 e. The third-order valence-corrected chi connectivity index (χ3v) is 10.7. The number of piperidine rings is 1. The lowest BCUT2D eigenvalue weighted by atomic mass is 9.76. The zero-order chi connectivity index (χ0) is 33.7. The average molecular weight is 676 g/mol. The van der Waals surface area contributed by atoms with Gasteiger partial charge in [0.1, 0.15) is 18.2 Å². The van der Waals surface area contributed by atoms with Crippen LogP contribution in [-0.4, -0.2) is 55.1 Å². The van der Waals surface area contributed by atoms with Gasteiger partial charge in [-0.05, 0) is 105 Å². The Morgan fingerprint density at radius 3 is 2.42 bits per heavy atom. The quantitative estimate of drug-likeness (QED) is 0.257. The summed E-state index contributed by atoms with van der Waals surface area (Å²) in [5, 5.41) is 6.58. The van der Waals surface area contributed by atoms with E-state index < -0.39 is 6.09 Å². The lowest BCUT2D eigenvalue weighted by Gasteiger charge is -2.39. The molecule has 3 amide bonds. The van der Waals surface area contributed by atoms with Crippen LogP contribution in [0, 0.1) is 17.2 Å². The first kappa shape index (κ1) is 33.8. The van der Waals surface area contributed by atoms with E-state index in [1.807, 2.05) is 35.2 Å². The van der Waals surface area contributed by atoms with E-state index in [-0.39, 0.29) is 47.7 Å². The first-order valence-corrected chi connectivity index (χ1v) is 17.3. The van der Waals surface area contributed by atoms with E-state index in [0.29, 0.717) is 47.0 Å². The molecule has 1 unspecified atom stereocenters. The van der Waals surface area contributed by atoms with E-state index >= 15 is 0 Å². The number of likely N-dealkylation sites (tertiary alicyclic amines) is 1. The highest BCUT2D eigenvalue weighted by atomic mass is 35.5. The molecule has 3 aromatic rings. The van der Waals surface area contributed by atoms with Crippen LogP contribution in [0.25, 0.3) is 11.1 Å². The van der Waals surface area contributed by atoms with Crippen molar-refractivity contribution in [1.29, 1.82) is 0 Å². The molecular weight excluding hydrogens is 633 g/mol. The number of hydrogen-bond donors (Lipinski definition) is 2. The number of benzene rings is 3. The zero-order valence-electron chi connectivity index (χ0n) is 27.3. The number of carbonyl (C=O) groups excluding carboxylic acids is 3. The van der Waals surface area contributed by atoms with Crippen molar-refractivity contribution >= 4 is 29.5 Å². The van der Waals surface area contributed by atoms with E-state index in [0.717, 1.165) is 56.9 Å². The van der Waals surface area contributed by atoms with Gasteiger partial charge in [-0.3, -0.25) is 9.59 Å². The Bertz CT molecular complexity index is 1630. The van der Waals surface area contributed by atoms with Crippen molar-refractivity contribution in [1.82, 2.24) is 15.5 Å². The van der Waals surface area contributed by atoms with Crippen LogP contribution in [0.15, 0.2) is 66.7 Å². The highest BCUT2D eigenvalue weighted by Crippen LogP contribution is 2.49. The molecule has 254 valence electrons. The molecule has 3 aliphatic rings. The average Bonchev–Trinajstić information content (AvgIpc) is 3.51. The van der Waals surface area contributed by atoms with Crippen molar-refractivity contribution in [2.24, 2.45) is 11.3 Å². The first-order valence-electron chi connectivity index (χ1n) is 16.9. The molecule has 48 heavy (non-hydrogen) atoms. The van der Waals surface area contributed by atoms with Gasteiger partial charge in [-0.25, -0.2) is 9.18 Å². The predicted octanol–water partition coefficient (Wildman–Crippen LogP) is 7.53. The second-order valence-corrected chi connectivity index (χ2v) is 14.0. The fourth-order valence-electron chi connectivity index (χ4n) is 7.70. The van der Waals surface area contributed by atoms with E-state index in [2.05, 4.69) is 10.6 Å². The van der Waals surface area contributed by atoms with Crippen LogP contribution >= 0.6 is 11.6 Å². The van der Waals surface area contributed by atoms with Gasteiger partial charge >= 0.3 is 6.09 Å². The summed E-state index contributed by atoms with van der Waals surface area (Å²) in [6.45, 7) is 1.45. The lowest BCUT2D eigenvalue weighted by Crippen LogP contribution is -2.47. The molecule has 2 saturated carbocycles.